The number of nitrogens with zero attached hydrogens (tertiary/aromatic N) is 1. The highest BCUT2D eigenvalue weighted by Gasteiger charge is 2.17. The van der Waals surface area contributed by atoms with Crippen LogP contribution >= 0.6 is 0 Å². The molecule has 5 heteroatoms. The van der Waals surface area contributed by atoms with Gasteiger partial charge in [0, 0.05) is 25.9 Å². The predicted octanol–water partition coefficient (Wildman–Crippen LogP) is 2.00. The molecule has 1 saturated heterocycles. The van der Waals surface area contributed by atoms with Crippen LogP contribution in [0.1, 0.15) is 32.1 Å². The van der Waals surface area contributed by atoms with Gasteiger partial charge in [-0.25, -0.2) is 0 Å². The van der Waals surface area contributed by atoms with Crippen LogP contribution in [0.5, 0.6) is 0 Å². The van der Waals surface area contributed by atoms with Gasteiger partial charge in [-0.05, 0) is 25.0 Å². The number of anilines is 2. The molecule has 0 spiro atoms. The lowest BCUT2D eigenvalue weighted by Crippen LogP contribution is -2.33. The first kappa shape index (κ1) is 14.4. The molecule has 3 N–H and O–H groups in total. The van der Waals surface area contributed by atoms with Crippen LogP contribution in [0, 0.1) is 0 Å². The number of likely N-dealkylation sites (tertiary alicyclic amines) is 1. The summed E-state index contributed by atoms with van der Waals surface area (Å²) in [5.41, 5.74) is 6.94. The second-order valence-electron chi connectivity index (χ2n) is 5.08. The quantitative estimate of drug-likeness (QED) is 0.825. The summed E-state index contributed by atoms with van der Waals surface area (Å²) in [6.07, 6.45) is 3.99. The second kappa shape index (κ2) is 6.93. The zero-order valence-electron chi connectivity index (χ0n) is 11.6. The molecular weight excluding hydrogens is 254 g/mol. The van der Waals surface area contributed by atoms with E-state index in [1.165, 1.54) is 0 Å². The molecule has 2 rings (SSSR count). The number of benzene rings is 1. The van der Waals surface area contributed by atoms with Crippen molar-refractivity contribution in [2.45, 2.75) is 32.1 Å². The molecule has 0 saturated carbocycles. The van der Waals surface area contributed by atoms with Gasteiger partial charge in [-0.2, -0.15) is 0 Å². The zero-order chi connectivity index (χ0) is 14.4. The lowest BCUT2D eigenvalue weighted by molar-refractivity contribution is -0.131. The van der Waals surface area contributed by atoms with Crippen LogP contribution in [0.2, 0.25) is 0 Å². The summed E-state index contributed by atoms with van der Waals surface area (Å²) in [5, 5.41) is 2.78. The van der Waals surface area contributed by atoms with Crippen LogP contribution in [0.3, 0.4) is 0 Å². The van der Waals surface area contributed by atoms with E-state index in [1.807, 2.05) is 12.1 Å². The molecular formula is C15H21N3O2. The molecule has 1 aromatic rings. The Hall–Kier alpha value is -2.04. The summed E-state index contributed by atoms with van der Waals surface area (Å²) in [4.78, 5) is 25.5. The lowest BCUT2D eigenvalue weighted by atomic mass is 10.2. The van der Waals surface area contributed by atoms with Crippen molar-refractivity contribution < 1.29 is 9.59 Å². The van der Waals surface area contributed by atoms with E-state index >= 15 is 0 Å². The number of rotatable bonds is 4. The fourth-order valence-electron chi connectivity index (χ4n) is 2.34. The Morgan fingerprint density at radius 2 is 2.05 bits per heavy atom. The van der Waals surface area contributed by atoms with Crippen LogP contribution in [0.4, 0.5) is 11.4 Å². The zero-order valence-corrected chi connectivity index (χ0v) is 11.6. The number of amides is 2. The summed E-state index contributed by atoms with van der Waals surface area (Å²) in [7, 11) is 0. The maximum atomic E-state index is 11.9. The van der Waals surface area contributed by atoms with Gasteiger partial charge >= 0.3 is 0 Å². The van der Waals surface area contributed by atoms with E-state index in [2.05, 4.69) is 5.32 Å². The van der Waals surface area contributed by atoms with Gasteiger partial charge in [0.05, 0.1) is 11.4 Å². The SMILES string of the molecule is Nc1ccccc1NC(=O)CCN1CCCCCC1=O. The molecule has 0 atom stereocenters. The van der Waals surface area contributed by atoms with Crippen molar-refractivity contribution in [1.82, 2.24) is 4.90 Å². The molecule has 1 fully saturated rings. The Kier molecular flexibility index (Phi) is 4.98. The molecule has 0 aliphatic carbocycles. The van der Waals surface area contributed by atoms with Crippen molar-refractivity contribution in [2.24, 2.45) is 0 Å². The molecule has 5 nitrogen and oxygen atoms in total. The van der Waals surface area contributed by atoms with Gasteiger partial charge in [0.25, 0.3) is 0 Å². The number of carbonyl (C=O) groups is 2. The maximum Gasteiger partial charge on any atom is 0.226 e. The number of nitrogen functional groups attached to an aromatic ring is 1. The summed E-state index contributed by atoms with van der Waals surface area (Å²) >= 11 is 0. The van der Waals surface area contributed by atoms with Gasteiger partial charge in [-0.1, -0.05) is 18.6 Å². The second-order valence-corrected chi connectivity index (χ2v) is 5.08. The molecule has 0 aromatic heterocycles. The Morgan fingerprint density at radius 3 is 2.85 bits per heavy atom. The van der Waals surface area contributed by atoms with E-state index in [9.17, 15) is 9.59 Å². The van der Waals surface area contributed by atoms with E-state index in [0.717, 1.165) is 25.8 Å². The van der Waals surface area contributed by atoms with Crippen LogP contribution in [0.15, 0.2) is 24.3 Å². The van der Waals surface area contributed by atoms with E-state index in [4.69, 9.17) is 5.73 Å². The minimum Gasteiger partial charge on any atom is -0.397 e. The molecule has 2 amide bonds. The molecule has 0 unspecified atom stereocenters. The van der Waals surface area contributed by atoms with Crippen molar-refractivity contribution in [3.63, 3.8) is 0 Å². The molecule has 1 aliphatic rings. The molecule has 0 bridgehead atoms. The fourth-order valence-corrected chi connectivity index (χ4v) is 2.34. The first-order chi connectivity index (χ1) is 9.66. The molecule has 1 aromatic carbocycles. The van der Waals surface area contributed by atoms with Crippen molar-refractivity contribution in [3.05, 3.63) is 24.3 Å². The van der Waals surface area contributed by atoms with E-state index in [-0.39, 0.29) is 11.8 Å². The summed E-state index contributed by atoms with van der Waals surface area (Å²) in [6.45, 7) is 1.25. The van der Waals surface area contributed by atoms with Crippen molar-refractivity contribution in [1.29, 1.82) is 0 Å². The molecule has 1 aliphatic heterocycles. The smallest absolute Gasteiger partial charge is 0.226 e. The van der Waals surface area contributed by atoms with Gasteiger partial charge in [-0.15, -0.1) is 0 Å². The Bertz CT molecular complexity index is 488. The standard InChI is InChI=1S/C15H21N3O2/c16-12-6-3-4-7-13(12)17-14(19)9-11-18-10-5-1-2-8-15(18)20/h3-4,6-7H,1-2,5,8-11,16H2,(H,17,19). The van der Waals surface area contributed by atoms with Gasteiger partial charge in [0.1, 0.15) is 0 Å². The van der Waals surface area contributed by atoms with Crippen LogP contribution < -0.4 is 11.1 Å². The topological polar surface area (TPSA) is 75.4 Å². The number of nitrogens with one attached hydrogen (secondary N) is 1. The minimum atomic E-state index is -0.111. The number of para-hydroxylation sites is 2. The first-order valence-electron chi connectivity index (χ1n) is 7.09. The Labute approximate surface area is 119 Å². The predicted molar refractivity (Wildman–Crippen MR) is 79.1 cm³/mol. The third-order valence-electron chi connectivity index (χ3n) is 3.52. The maximum absolute atomic E-state index is 11.9. The van der Waals surface area contributed by atoms with E-state index in [0.29, 0.717) is 30.8 Å². The van der Waals surface area contributed by atoms with Crippen LogP contribution in [-0.4, -0.2) is 29.8 Å². The summed E-state index contributed by atoms with van der Waals surface area (Å²) in [6, 6.07) is 7.16. The molecule has 108 valence electrons. The summed E-state index contributed by atoms with van der Waals surface area (Å²) < 4.78 is 0. The van der Waals surface area contributed by atoms with E-state index in [1.54, 1.807) is 17.0 Å². The average molecular weight is 275 g/mol. The lowest BCUT2D eigenvalue weighted by Gasteiger charge is -2.20. The fraction of sp³-hybridized carbons (Fsp3) is 0.467. The number of carbonyl (C=O) groups excluding carboxylic acids is 2. The summed E-state index contributed by atoms with van der Waals surface area (Å²) in [5.74, 6) is 0.0504. The first-order valence-corrected chi connectivity index (χ1v) is 7.09. The Morgan fingerprint density at radius 1 is 1.25 bits per heavy atom. The highest BCUT2D eigenvalue weighted by Crippen LogP contribution is 2.17. The van der Waals surface area contributed by atoms with Crippen LogP contribution in [-0.2, 0) is 9.59 Å². The van der Waals surface area contributed by atoms with Crippen molar-refractivity contribution >= 4 is 23.2 Å². The number of hydrogen-bond donors (Lipinski definition) is 2. The highest BCUT2D eigenvalue weighted by molar-refractivity contribution is 5.94. The molecule has 1 heterocycles. The molecule has 20 heavy (non-hydrogen) atoms. The number of hydrogen-bond acceptors (Lipinski definition) is 3. The number of nitrogens with two attached hydrogens (primary N) is 1. The van der Waals surface area contributed by atoms with Gasteiger partial charge in [-0.3, -0.25) is 9.59 Å². The van der Waals surface area contributed by atoms with Crippen molar-refractivity contribution in [2.75, 3.05) is 24.1 Å². The van der Waals surface area contributed by atoms with Gasteiger partial charge in [0.2, 0.25) is 11.8 Å². The molecule has 0 radical (unpaired) electrons. The van der Waals surface area contributed by atoms with Gasteiger partial charge < -0.3 is 16.0 Å². The Balaban J connectivity index is 1.83. The largest absolute Gasteiger partial charge is 0.397 e. The third-order valence-corrected chi connectivity index (χ3v) is 3.52. The average Bonchev–Trinajstić information content (AvgIpc) is 2.64. The third kappa shape index (κ3) is 3.98. The van der Waals surface area contributed by atoms with Gasteiger partial charge in [0.15, 0.2) is 0 Å². The monoisotopic (exact) mass is 275 g/mol. The van der Waals surface area contributed by atoms with E-state index < -0.39 is 0 Å². The minimum absolute atomic E-state index is 0.111. The highest BCUT2D eigenvalue weighted by atomic mass is 16.2. The van der Waals surface area contributed by atoms with Crippen molar-refractivity contribution in [3.8, 4) is 0 Å². The van der Waals surface area contributed by atoms with Crippen LogP contribution in [0.25, 0.3) is 0 Å². The normalized spacial score (nSPS) is 15.8.